The molecule has 162 valence electrons. The maximum Gasteiger partial charge on any atom is 0.261 e. The number of benzene rings is 1. The third-order valence-corrected chi connectivity index (χ3v) is 7.68. The van der Waals surface area contributed by atoms with Gasteiger partial charge in [-0.15, -0.1) is 11.3 Å². The number of hydrogen-bond acceptors (Lipinski definition) is 6. The zero-order valence-electron chi connectivity index (χ0n) is 17.9. The van der Waals surface area contributed by atoms with Crippen LogP contribution in [0.2, 0.25) is 0 Å². The van der Waals surface area contributed by atoms with Gasteiger partial charge in [-0.3, -0.25) is 9.69 Å². The van der Waals surface area contributed by atoms with E-state index in [9.17, 15) is 4.79 Å². The number of rotatable bonds is 6. The van der Waals surface area contributed by atoms with Gasteiger partial charge in [-0.25, -0.2) is 9.97 Å². The van der Waals surface area contributed by atoms with Gasteiger partial charge in [0.15, 0.2) is 0 Å². The summed E-state index contributed by atoms with van der Waals surface area (Å²) in [7, 11) is 0. The van der Waals surface area contributed by atoms with E-state index < -0.39 is 0 Å². The van der Waals surface area contributed by atoms with Crippen LogP contribution in [0.5, 0.6) is 0 Å². The molecule has 31 heavy (non-hydrogen) atoms. The maximum absolute atomic E-state index is 13.1. The number of nitrogens with zero attached hydrogens (tertiary/aromatic N) is 3. The number of amides is 1. The molecule has 1 saturated carbocycles. The predicted molar refractivity (Wildman–Crippen MR) is 126 cm³/mol. The topological polar surface area (TPSA) is 70.2 Å². The number of fused-ring (bicyclic) bond motifs is 1. The number of aryl methyl sites for hydroxylation is 1. The first-order valence-electron chi connectivity index (χ1n) is 11.2. The predicted octanol–water partition coefficient (Wildman–Crippen LogP) is 4.36. The average molecular weight is 436 g/mol. The molecule has 0 spiro atoms. The molecule has 6 nitrogen and oxygen atoms in total. The van der Waals surface area contributed by atoms with Crippen molar-refractivity contribution in [1.29, 1.82) is 0 Å². The van der Waals surface area contributed by atoms with E-state index >= 15 is 0 Å². The summed E-state index contributed by atoms with van der Waals surface area (Å²) in [6, 6.07) is 11.2. The van der Waals surface area contributed by atoms with Crippen molar-refractivity contribution < 1.29 is 4.79 Å². The van der Waals surface area contributed by atoms with Crippen LogP contribution in [0.3, 0.4) is 0 Å². The van der Waals surface area contributed by atoms with Crippen molar-refractivity contribution in [3.05, 3.63) is 52.7 Å². The molecular weight excluding hydrogens is 406 g/mol. The van der Waals surface area contributed by atoms with Crippen molar-refractivity contribution in [3.8, 4) is 0 Å². The number of aromatic nitrogens is 2. The van der Waals surface area contributed by atoms with Crippen molar-refractivity contribution in [1.82, 2.24) is 20.2 Å². The standard InChI is InChI=1S/C24H29N5OS/c1-16-20-22(27-18-9-5-6-10-18)25-15-26-24(20)31-21(16)23(30)28-19-11-12-29(14-19)13-17-7-3-2-4-8-17/h2-4,7-8,15,18-19H,5-6,9-14H2,1H3,(H,28,30)(H,25,26,27)/t19-/m1/s1. The van der Waals surface area contributed by atoms with E-state index in [0.29, 0.717) is 6.04 Å². The van der Waals surface area contributed by atoms with E-state index in [1.54, 1.807) is 6.33 Å². The lowest BCUT2D eigenvalue weighted by Crippen LogP contribution is -2.36. The monoisotopic (exact) mass is 435 g/mol. The summed E-state index contributed by atoms with van der Waals surface area (Å²) < 4.78 is 0. The number of hydrogen-bond donors (Lipinski definition) is 2. The number of carbonyl (C=O) groups excluding carboxylic acids is 1. The SMILES string of the molecule is Cc1c(C(=O)N[C@@H]2CCN(Cc3ccccc3)C2)sc2ncnc(NC3CCCC3)c12. The average Bonchev–Trinajstić information content (AvgIpc) is 3.51. The van der Waals surface area contributed by atoms with Gasteiger partial charge in [0.25, 0.3) is 5.91 Å². The van der Waals surface area contributed by atoms with E-state index in [1.165, 1.54) is 42.6 Å². The van der Waals surface area contributed by atoms with Crippen LogP contribution in [0.1, 0.15) is 52.9 Å². The van der Waals surface area contributed by atoms with Crippen molar-refractivity contribution in [2.24, 2.45) is 0 Å². The Kier molecular flexibility index (Phi) is 5.87. The molecule has 1 amide bonds. The van der Waals surface area contributed by atoms with Crippen molar-refractivity contribution in [2.45, 2.75) is 57.7 Å². The smallest absolute Gasteiger partial charge is 0.261 e. The van der Waals surface area contributed by atoms with Gasteiger partial charge < -0.3 is 10.6 Å². The van der Waals surface area contributed by atoms with Crippen LogP contribution in [0.15, 0.2) is 36.7 Å². The summed E-state index contributed by atoms with van der Waals surface area (Å²) in [6.45, 7) is 4.85. The second-order valence-corrected chi connectivity index (χ2v) is 9.76. The molecule has 2 aliphatic rings. The fraction of sp³-hybridized carbons (Fsp3) is 0.458. The molecule has 0 bridgehead atoms. The lowest BCUT2D eigenvalue weighted by Gasteiger charge is -2.16. The maximum atomic E-state index is 13.1. The van der Waals surface area contributed by atoms with Crippen LogP contribution < -0.4 is 10.6 Å². The number of anilines is 1. The molecule has 3 heterocycles. The Balaban J connectivity index is 1.27. The molecule has 1 aliphatic heterocycles. The summed E-state index contributed by atoms with van der Waals surface area (Å²) in [6.07, 6.45) is 7.49. The molecular formula is C24H29N5OS. The summed E-state index contributed by atoms with van der Waals surface area (Å²) in [5.41, 5.74) is 2.30. The summed E-state index contributed by atoms with van der Waals surface area (Å²) in [5.74, 6) is 0.887. The molecule has 5 rings (SSSR count). The van der Waals surface area contributed by atoms with Crippen LogP contribution in [-0.4, -0.2) is 45.9 Å². The van der Waals surface area contributed by atoms with Gasteiger partial charge in [0, 0.05) is 31.7 Å². The minimum Gasteiger partial charge on any atom is -0.367 e. The number of carbonyl (C=O) groups is 1. The molecule has 2 fully saturated rings. The van der Waals surface area contributed by atoms with Crippen LogP contribution in [0.25, 0.3) is 10.2 Å². The Morgan fingerprint density at radius 1 is 1.13 bits per heavy atom. The second-order valence-electron chi connectivity index (χ2n) is 8.76. The van der Waals surface area contributed by atoms with E-state index in [2.05, 4.69) is 49.8 Å². The quantitative estimate of drug-likeness (QED) is 0.602. The molecule has 1 aromatic carbocycles. The molecule has 1 atom stereocenters. The Hall–Kier alpha value is -2.51. The van der Waals surface area contributed by atoms with Crippen LogP contribution in [0, 0.1) is 6.92 Å². The first-order chi connectivity index (χ1) is 15.2. The minimum absolute atomic E-state index is 0.0128. The van der Waals surface area contributed by atoms with Gasteiger partial charge in [0.2, 0.25) is 0 Å². The molecule has 1 saturated heterocycles. The van der Waals surface area contributed by atoms with Gasteiger partial charge >= 0.3 is 0 Å². The summed E-state index contributed by atoms with van der Waals surface area (Å²) >= 11 is 1.47. The highest BCUT2D eigenvalue weighted by Gasteiger charge is 2.27. The normalized spacial score (nSPS) is 19.8. The van der Waals surface area contributed by atoms with Crippen LogP contribution in [0.4, 0.5) is 5.82 Å². The highest BCUT2D eigenvalue weighted by Crippen LogP contribution is 2.34. The van der Waals surface area contributed by atoms with Crippen molar-refractivity contribution >= 4 is 33.3 Å². The zero-order chi connectivity index (χ0) is 21.2. The molecule has 0 unspecified atom stereocenters. The number of likely N-dealkylation sites (tertiary alicyclic amines) is 1. The van der Waals surface area contributed by atoms with Gasteiger partial charge in [-0.05, 0) is 37.3 Å². The second kappa shape index (κ2) is 8.93. The zero-order valence-corrected chi connectivity index (χ0v) is 18.8. The Labute approximate surface area is 187 Å². The highest BCUT2D eigenvalue weighted by atomic mass is 32.1. The fourth-order valence-electron chi connectivity index (χ4n) is 4.85. The van der Waals surface area contributed by atoms with Crippen LogP contribution >= 0.6 is 11.3 Å². The molecule has 7 heteroatoms. The third-order valence-electron chi connectivity index (χ3n) is 6.49. The molecule has 0 radical (unpaired) electrons. The lowest BCUT2D eigenvalue weighted by atomic mass is 10.1. The van der Waals surface area contributed by atoms with Crippen molar-refractivity contribution in [2.75, 3.05) is 18.4 Å². The summed E-state index contributed by atoms with van der Waals surface area (Å²) in [5, 5.41) is 7.86. The first kappa shape index (κ1) is 20.4. The molecule has 2 aromatic heterocycles. The highest BCUT2D eigenvalue weighted by molar-refractivity contribution is 7.20. The minimum atomic E-state index is 0.0128. The van der Waals surface area contributed by atoms with E-state index in [-0.39, 0.29) is 11.9 Å². The Morgan fingerprint density at radius 3 is 2.74 bits per heavy atom. The first-order valence-corrected chi connectivity index (χ1v) is 12.1. The third kappa shape index (κ3) is 4.43. The molecule has 3 aromatic rings. The van der Waals surface area contributed by atoms with Gasteiger partial charge in [-0.1, -0.05) is 43.2 Å². The Bertz CT molecular complexity index is 1060. The largest absolute Gasteiger partial charge is 0.367 e. The van der Waals surface area contributed by atoms with E-state index in [4.69, 9.17) is 0 Å². The van der Waals surface area contributed by atoms with Gasteiger partial charge in [0.05, 0.1) is 10.3 Å². The summed E-state index contributed by atoms with van der Waals surface area (Å²) in [4.78, 5) is 26.1. The number of nitrogens with one attached hydrogen (secondary N) is 2. The molecule has 1 aliphatic carbocycles. The van der Waals surface area contributed by atoms with Crippen LogP contribution in [-0.2, 0) is 6.54 Å². The lowest BCUT2D eigenvalue weighted by molar-refractivity contribution is 0.0941. The van der Waals surface area contributed by atoms with E-state index in [0.717, 1.165) is 52.5 Å². The Morgan fingerprint density at radius 2 is 1.94 bits per heavy atom. The van der Waals surface area contributed by atoms with E-state index in [1.807, 2.05) is 13.0 Å². The van der Waals surface area contributed by atoms with Gasteiger partial charge in [-0.2, -0.15) is 0 Å². The number of thiophene rings is 1. The molecule has 2 N–H and O–H groups in total. The van der Waals surface area contributed by atoms with Gasteiger partial charge in [0.1, 0.15) is 17.0 Å². The fourth-order valence-corrected chi connectivity index (χ4v) is 5.90. The van der Waals surface area contributed by atoms with Crippen molar-refractivity contribution in [3.63, 3.8) is 0 Å².